The molecule has 22 heavy (non-hydrogen) atoms. The Kier molecular flexibility index (Phi) is 7.07. The summed E-state index contributed by atoms with van der Waals surface area (Å²) in [6, 6.07) is 10.3. The molecule has 0 bridgehead atoms. The average molecular weight is 320 g/mol. The van der Waals surface area contributed by atoms with E-state index in [9.17, 15) is 0 Å². The van der Waals surface area contributed by atoms with Gasteiger partial charge in [0.05, 0.1) is 6.10 Å². The predicted octanol–water partition coefficient (Wildman–Crippen LogP) is 3.58. The van der Waals surface area contributed by atoms with Gasteiger partial charge in [0.25, 0.3) is 0 Å². The lowest BCUT2D eigenvalue weighted by Crippen LogP contribution is -2.43. The van der Waals surface area contributed by atoms with E-state index in [1.807, 2.05) is 18.2 Å². The maximum Gasteiger partial charge on any atom is 0.480 e. The molecule has 0 saturated heterocycles. The molecule has 0 aliphatic carbocycles. The van der Waals surface area contributed by atoms with Gasteiger partial charge >= 0.3 is 7.12 Å². The lowest BCUT2D eigenvalue weighted by atomic mass is 9.90. The first-order valence-electron chi connectivity index (χ1n) is 7.88. The first-order chi connectivity index (χ1) is 10.1. The standard InChI is InChI=1S/C17H29BO3Si/c1-17(2,3)22(4,5)21-16(13-14-18(19)20)12-11-15-9-7-6-8-10-15/h6-10,13-14,16,19-20H,11-12H2,1-5H3. The molecule has 1 unspecified atom stereocenters. The quantitative estimate of drug-likeness (QED) is 0.755. The molecule has 0 heterocycles. The summed E-state index contributed by atoms with van der Waals surface area (Å²) in [5.74, 6) is 1.39. The van der Waals surface area contributed by atoms with Gasteiger partial charge in [-0.05, 0) is 36.5 Å². The SMILES string of the molecule is CC(C)(C)[Si](C)(C)OC(C=CB(O)O)CCc1ccccc1. The predicted molar refractivity (Wildman–Crippen MR) is 96.2 cm³/mol. The molecular formula is C17H29BO3Si. The minimum absolute atomic E-state index is 0.0945. The van der Waals surface area contributed by atoms with Gasteiger partial charge in [-0.1, -0.05) is 63.2 Å². The van der Waals surface area contributed by atoms with Crippen molar-refractivity contribution < 1.29 is 14.5 Å². The molecule has 1 atom stereocenters. The number of hydrogen-bond acceptors (Lipinski definition) is 3. The summed E-state index contributed by atoms with van der Waals surface area (Å²) in [4.78, 5) is 0. The van der Waals surface area contributed by atoms with Gasteiger partial charge in [0, 0.05) is 0 Å². The smallest absolute Gasteiger partial charge is 0.424 e. The number of hydrogen-bond donors (Lipinski definition) is 2. The van der Waals surface area contributed by atoms with Crippen molar-refractivity contribution in [2.24, 2.45) is 0 Å². The Morgan fingerprint density at radius 3 is 2.27 bits per heavy atom. The second-order valence-electron chi connectivity index (χ2n) is 7.24. The molecule has 1 aromatic rings. The molecule has 122 valence electrons. The van der Waals surface area contributed by atoms with Gasteiger partial charge in [-0.25, -0.2) is 0 Å². The third kappa shape index (κ3) is 6.48. The van der Waals surface area contributed by atoms with Crippen molar-refractivity contribution in [3.63, 3.8) is 0 Å². The largest absolute Gasteiger partial charge is 0.480 e. The zero-order valence-corrected chi connectivity index (χ0v) is 15.4. The van der Waals surface area contributed by atoms with Gasteiger partial charge in [-0.15, -0.1) is 0 Å². The topological polar surface area (TPSA) is 49.7 Å². The van der Waals surface area contributed by atoms with E-state index in [2.05, 4.69) is 46.0 Å². The molecule has 0 radical (unpaired) electrons. The Morgan fingerprint density at radius 1 is 1.18 bits per heavy atom. The van der Waals surface area contributed by atoms with Crippen LogP contribution < -0.4 is 0 Å². The Hall–Kier alpha value is -0.878. The van der Waals surface area contributed by atoms with E-state index in [1.54, 1.807) is 6.08 Å². The highest BCUT2D eigenvalue weighted by Gasteiger charge is 2.38. The van der Waals surface area contributed by atoms with Gasteiger partial charge in [-0.2, -0.15) is 0 Å². The van der Waals surface area contributed by atoms with E-state index in [0.717, 1.165) is 12.8 Å². The number of benzene rings is 1. The normalized spacial score (nSPS) is 14.3. The second kappa shape index (κ2) is 8.11. The van der Waals surface area contributed by atoms with Crippen molar-refractivity contribution in [2.75, 3.05) is 0 Å². The zero-order chi connectivity index (χ0) is 16.8. The highest BCUT2D eigenvalue weighted by Crippen LogP contribution is 2.37. The first-order valence-corrected chi connectivity index (χ1v) is 10.8. The van der Waals surface area contributed by atoms with Gasteiger partial charge in [0.2, 0.25) is 0 Å². The molecule has 1 aromatic carbocycles. The summed E-state index contributed by atoms with van der Waals surface area (Å²) in [6.07, 6.45) is 3.43. The van der Waals surface area contributed by atoms with Crippen LogP contribution in [0.4, 0.5) is 0 Å². The Balaban J connectivity index is 2.76. The van der Waals surface area contributed by atoms with Crippen LogP contribution in [0.1, 0.15) is 32.8 Å². The fourth-order valence-electron chi connectivity index (χ4n) is 1.93. The summed E-state index contributed by atoms with van der Waals surface area (Å²) in [5.41, 5.74) is 1.27. The Morgan fingerprint density at radius 2 is 1.77 bits per heavy atom. The number of aryl methyl sites for hydroxylation is 1. The van der Waals surface area contributed by atoms with Crippen LogP contribution in [-0.2, 0) is 10.8 Å². The van der Waals surface area contributed by atoms with Gasteiger partial charge in [-0.3, -0.25) is 0 Å². The summed E-state index contributed by atoms with van der Waals surface area (Å²) >= 11 is 0. The fourth-order valence-corrected chi connectivity index (χ4v) is 3.23. The van der Waals surface area contributed by atoms with Gasteiger partial charge < -0.3 is 14.5 Å². The molecule has 2 N–H and O–H groups in total. The zero-order valence-electron chi connectivity index (χ0n) is 14.4. The summed E-state index contributed by atoms with van der Waals surface area (Å²) < 4.78 is 6.40. The highest BCUT2D eigenvalue weighted by atomic mass is 28.4. The van der Waals surface area contributed by atoms with E-state index in [4.69, 9.17) is 14.5 Å². The molecule has 0 aliphatic rings. The van der Waals surface area contributed by atoms with Crippen LogP contribution in [0, 0.1) is 0 Å². The van der Waals surface area contributed by atoms with Crippen molar-refractivity contribution in [3.05, 3.63) is 47.9 Å². The summed E-state index contributed by atoms with van der Waals surface area (Å²) in [7, 11) is -3.32. The van der Waals surface area contributed by atoms with Crippen molar-refractivity contribution in [3.8, 4) is 0 Å². The van der Waals surface area contributed by atoms with E-state index >= 15 is 0 Å². The van der Waals surface area contributed by atoms with Crippen molar-refractivity contribution in [1.82, 2.24) is 0 Å². The van der Waals surface area contributed by atoms with Crippen LogP contribution in [0.3, 0.4) is 0 Å². The Bertz CT molecular complexity index is 467. The first kappa shape index (κ1) is 19.2. The molecule has 1 rings (SSSR count). The average Bonchev–Trinajstić information content (AvgIpc) is 2.41. The van der Waals surface area contributed by atoms with Crippen LogP contribution in [0.15, 0.2) is 42.4 Å². The molecule has 3 nitrogen and oxygen atoms in total. The third-order valence-corrected chi connectivity index (χ3v) is 8.81. The molecule has 0 aromatic heterocycles. The fraction of sp³-hybridized carbons (Fsp3) is 0.529. The molecule has 0 saturated carbocycles. The van der Waals surface area contributed by atoms with E-state index < -0.39 is 15.4 Å². The number of rotatable bonds is 7. The van der Waals surface area contributed by atoms with Crippen LogP contribution in [-0.4, -0.2) is 31.6 Å². The van der Waals surface area contributed by atoms with Crippen molar-refractivity contribution in [1.29, 1.82) is 0 Å². The van der Waals surface area contributed by atoms with Gasteiger partial charge in [0.15, 0.2) is 8.32 Å². The Labute approximate surface area is 136 Å². The second-order valence-corrected chi connectivity index (χ2v) is 12.0. The van der Waals surface area contributed by atoms with Crippen molar-refractivity contribution in [2.45, 2.75) is 57.8 Å². The van der Waals surface area contributed by atoms with Crippen LogP contribution in [0.5, 0.6) is 0 Å². The van der Waals surface area contributed by atoms with E-state index in [-0.39, 0.29) is 11.1 Å². The van der Waals surface area contributed by atoms with Crippen molar-refractivity contribution >= 4 is 15.4 Å². The van der Waals surface area contributed by atoms with Crippen LogP contribution in [0.25, 0.3) is 0 Å². The molecule has 0 amide bonds. The third-order valence-electron chi connectivity index (χ3n) is 4.31. The minimum atomic E-state index is -1.89. The van der Waals surface area contributed by atoms with Crippen LogP contribution in [0.2, 0.25) is 18.1 Å². The van der Waals surface area contributed by atoms with E-state index in [1.165, 1.54) is 11.5 Å². The molecule has 0 aliphatic heterocycles. The lowest BCUT2D eigenvalue weighted by Gasteiger charge is -2.38. The van der Waals surface area contributed by atoms with E-state index in [0.29, 0.717) is 0 Å². The maximum absolute atomic E-state index is 9.07. The molecule has 5 heteroatoms. The monoisotopic (exact) mass is 320 g/mol. The molecule has 0 fully saturated rings. The molecule has 0 spiro atoms. The van der Waals surface area contributed by atoms with Gasteiger partial charge in [0.1, 0.15) is 0 Å². The van der Waals surface area contributed by atoms with Crippen LogP contribution >= 0.6 is 0 Å². The summed E-state index contributed by atoms with van der Waals surface area (Å²) in [5, 5.41) is 18.3. The summed E-state index contributed by atoms with van der Waals surface area (Å²) in [6.45, 7) is 11.0. The highest BCUT2D eigenvalue weighted by molar-refractivity contribution is 6.74. The lowest BCUT2D eigenvalue weighted by molar-refractivity contribution is 0.215. The maximum atomic E-state index is 9.07. The minimum Gasteiger partial charge on any atom is -0.424 e. The molecular weight excluding hydrogens is 291 g/mol.